The molecule has 2 aromatic rings. The number of anilines is 1. The van der Waals surface area contributed by atoms with Crippen LogP contribution in [0.4, 0.5) is 10.5 Å². The van der Waals surface area contributed by atoms with E-state index in [1.807, 2.05) is 18.2 Å². The number of carbonyl (C=O) groups excluding carboxylic acids is 3. The Morgan fingerprint density at radius 3 is 2.56 bits per heavy atom. The molecule has 1 unspecified atom stereocenters. The fraction of sp³-hybridized carbons (Fsp3) is 0.167. The van der Waals surface area contributed by atoms with Crippen LogP contribution in [0.5, 0.6) is 0 Å². The molecule has 1 atom stereocenters. The third-order valence-electron chi connectivity index (χ3n) is 4.04. The molecule has 2 aromatic carbocycles. The van der Waals surface area contributed by atoms with Crippen molar-refractivity contribution in [3.8, 4) is 0 Å². The monoisotopic (exact) mass is 449 g/mol. The smallest absolute Gasteiger partial charge is 0.324 e. The summed E-state index contributed by atoms with van der Waals surface area (Å²) in [6.45, 7) is 1.30. The molecule has 0 aliphatic carbocycles. The molecule has 6 nitrogen and oxygen atoms in total. The summed E-state index contributed by atoms with van der Waals surface area (Å²) in [5.41, 5.74) is 0.129. The van der Waals surface area contributed by atoms with E-state index < -0.39 is 23.4 Å². The molecule has 1 aliphatic rings. The van der Waals surface area contributed by atoms with Crippen molar-refractivity contribution in [2.75, 3.05) is 11.9 Å². The van der Waals surface area contributed by atoms with Crippen molar-refractivity contribution >= 4 is 46.1 Å². The van der Waals surface area contributed by atoms with E-state index in [2.05, 4.69) is 33.2 Å². The topological polar surface area (TPSA) is 78.5 Å². The minimum absolute atomic E-state index is 0.335. The highest BCUT2D eigenvalue weighted by Gasteiger charge is 2.49. The van der Waals surface area contributed by atoms with Gasteiger partial charge in [-0.05, 0) is 53.3 Å². The third kappa shape index (κ3) is 3.51. The molecule has 0 saturated carbocycles. The molecule has 128 valence electrons. The highest BCUT2D eigenvalue weighted by atomic mass is 127. The van der Waals surface area contributed by atoms with Crippen LogP contribution in [-0.4, -0.2) is 29.3 Å². The minimum Gasteiger partial charge on any atom is -0.324 e. The lowest BCUT2D eigenvalue weighted by molar-refractivity contribution is -0.133. The van der Waals surface area contributed by atoms with E-state index in [1.54, 1.807) is 43.3 Å². The highest BCUT2D eigenvalue weighted by Crippen LogP contribution is 2.28. The average molecular weight is 449 g/mol. The highest BCUT2D eigenvalue weighted by molar-refractivity contribution is 14.1. The van der Waals surface area contributed by atoms with E-state index in [0.717, 1.165) is 8.47 Å². The zero-order valence-corrected chi connectivity index (χ0v) is 15.6. The summed E-state index contributed by atoms with van der Waals surface area (Å²) < 4.78 is 0.974. The van der Waals surface area contributed by atoms with Crippen LogP contribution in [0.25, 0.3) is 0 Å². The summed E-state index contributed by atoms with van der Waals surface area (Å²) in [6, 6.07) is 15.7. The number of amides is 4. The predicted octanol–water partition coefficient (Wildman–Crippen LogP) is 2.70. The van der Waals surface area contributed by atoms with Gasteiger partial charge in [-0.25, -0.2) is 4.79 Å². The molecule has 0 spiro atoms. The van der Waals surface area contributed by atoms with Crippen LogP contribution in [0.3, 0.4) is 0 Å². The number of nitrogens with one attached hydrogen (secondary N) is 2. The quantitative estimate of drug-likeness (QED) is 0.557. The normalized spacial score (nSPS) is 19.7. The lowest BCUT2D eigenvalue weighted by Crippen LogP contribution is -2.42. The molecule has 2 N–H and O–H groups in total. The fourth-order valence-corrected chi connectivity index (χ4v) is 3.26. The van der Waals surface area contributed by atoms with E-state index in [4.69, 9.17) is 0 Å². The van der Waals surface area contributed by atoms with E-state index in [0.29, 0.717) is 11.3 Å². The summed E-state index contributed by atoms with van der Waals surface area (Å²) in [4.78, 5) is 38.1. The number of rotatable bonds is 4. The van der Waals surface area contributed by atoms with E-state index in [-0.39, 0.29) is 6.54 Å². The number of hydrogen-bond donors (Lipinski definition) is 2. The minimum atomic E-state index is -1.17. The standard InChI is InChI=1S/C18H16IN3O3/c1-18(12-6-3-2-4-7-12)16(24)22(17(25)21-18)11-15(23)20-14-9-5-8-13(19)10-14/h2-10H,11H2,1H3,(H,20,23)(H,21,25). The second-order valence-electron chi connectivity index (χ2n) is 5.87. The average Bonchev–Trinajstić information content (AvgIpc) is 2.80. The first-order valence-electron chi connectivity index (χ1n) is 7.65. The van der Waals surface area contributed by atoms with Gasteiger partial charge in [0.25, 0.3) is 5.91 Å². The van der Waals surface area contributed by atoms with Gasteiger partial charge in [0.05, 0.1) is 0 Å². The van der Waals surface area contributed by atoms with Crippen LogP contribution < -0.4 is 10.6 Å². The van der Waals surface area contributed by atoms with Crippen LogP contribution in [0.2, 0.25) is 0 Å². The molecule has 1 fully saturated rings. The number of nitrogens with zero attached hydrogens (tertiary/aromatic N) is 1. The van der Waals surface area contributed by atoms with Gasteiger partial charge in [-0.3, -0.25) is 14.5 Å². The van der Waals surface area contributed by atoms with Crippen molar-refractivity contribution in [3.05, 3.63) is 63.7 Å². The van der Waals surface area contributed by atoms with Gasteiger partial charge >= 0.3 is 6.03 Å². The lowest BCUT2D eigenvalue weighted by atomic mass is 9.92. The zero-order chi connectivity index (χ0) is 18.0. The fourth-order valence-electron chi connectivity index (χ4n) is 2.72. The van der Waals surface area contributed by atoms with Gasteiger partial charge in [-0.2, -0.15) is 0 Å². The Balaban J connectivity index is 1.74. The largest absolute Gasteiger partial charge is 0.325 e. The Kier molecular flexibility index (Phi) is 4.76. The van der Waals surface area contributed by atoms with Crippen LogP contribution in [-0.2, 0) is 15.1 Å². The number of carbonyl (C=O) groups is 3. The second-order valence-corrected chi connectivity index (χ2v) is 7.12. The van der Waals surface area contributed by atoms with Gasteiger partial charge < -0.3 is 10.6 Å². The van der Waals surface area contributed by atoms with Crippen molar-refractivity contribution in [2.45, 2.75) is 12.5 Å². The first-order valence-corrected chi connectivity index (χ1v) is 8.73. The summed E-state index contributed by atoms with van der Waals surface area (Å²) in [7, 11) is 0. The number of urea groups is 1. The van der Waals surface area contributed by atoms with Crippen molar-refractivity contribution in [3.63, 3.8) is 0 Å². The Labute approximate surface area is 158 Å². The molecule has 0 bridgehead atoms. The second kappa shape index (κ2) is 6.83. The van der Waals surface area contributed by atoms with Crippen LogP contribution in [0.15, 0.2) is 54.6 Å². The SMILES string of the molecule is CC1(c2ccccc2)NC(=O)N(CC(=O)Nc2cccc(I)c2)C1=O. The van der Waals surface area contributed by atoms with Gasteiger partial charge in [0, 0.05) is 9.26 Å². The Morgan fingerprint density at radius 2 is 1.88 bits per heavy atom. The predicted molar refractivity (Wildman–Crippen MR) is 102 cm³/mol. The Bertz CT molecular complexity index is 840. The van der Waals surface area contributed by atoms with E-state index in [1.165, 1.54) is 0 Å². The third-order valence-corrected chi connectivity index (χ3v) is 4.71. The number of hydrogen-bond acceptors (Lipinski definition) is 3. The molecule has 1 saturated heterocycles. The lowest BCUT2D eigenvalue weighted by Gasteiger charge is -2.22. The van der Waals surface area contributed by atoms with Crippen LogP contribution in [0, 0.1) is 3.57 Å². The molecule has 4 amide bonds. The molecule has 0 aromatic heterocycles. The van der Waals surface area contributed by atoms with Gasteiger partial charge in [-0.1, -0.05) is 36.4 Å². The Hall–Kier alpha value is -2.42. The number of benzene rings is 2. The van der Waals surface area contributed by atoms with Crippen LogP contribution in [0.1, 0.15) is 12.5 Å². The van der Waals surface area contributed by atoms with E-state index in [9.17, 15) is 14.4 Å². The maximum atomic E-state index is 12.7. The molecule has 25 heavy (non-hydrogen) atoms. The first kappa shape index (κ1) is 17.4. The molecule has 3 rings (SSSR count). The van der Waals surface area contributed by atoms with Crippen LogP contribution >= 0.6 is 22.6 Å². The first-order chi connectivity index (χ1) is 11.9. The molecular formula is C18H16IN3O3. The number of halogens is 1. The summed E-state index contributed by atoms with van der Waals surface area (Å²) in [5, 5.41) is 5.38. The molecule has 7 heteroatoms. The number of imide groups is 1. The van der Waals surface area contributed by atoms with Crippen molar-refractivity contribution in [1.29, 1.82) is 0 Å². The summed E-state index contributed by atoms with van der Waals surface area (Å²) in [6.07, 6.45) is 0. The molecule has 1 aliphatic heterocycles. The molecular weight excluding hydrogens is 433 g/mol. The van der Waals surface area contributed by atoms with Crippen molar-refractivity contribution in [1.82, 2.24) is 10.2 Å². The Morgan fingerprint density at radius 1 is 1.16 bits per heavy atom. The maximum absolute atomic E-state index is 12.7. The maximum Gasteiger partial charge on any atom is 0.325 e. The van der Waals surface area contributed by atoms with Gasteiger partial charge in [-0.15, -0.1) is 0 Å². The summed E-state index contributed by atoms with van der Waals surface area (Å²) >= 11 is 2.14. The van der Waals surface area contributed by atoms with Crippen molar-refractivity contribution < 1.29 is 14.4 Å². The van der Waals surface area contributed by atoms with Crippen molar-refractivity contribution in [2.24, 2.45) is 0 Å². The molecule has 1 heterocycles. The van der Waals surface area contributed by atoms with E-state index >= 15 is 0 Å². The van der Waals surface area contributed by atoms with Gasteiger partial charge in [0.15, 0.2) is 0 Å². The zero-order valence-electron chi connectivity index (χ0n) is 13.5. The summed E-state index contributed by atoms with van der Waals surface area (Å²) in [5.74, 6) is -0.871. The van der Waals surface area contributed by atoms with Gasteiger partial charge in [0.1, 0.15) is 12.1 Å². The van der Waals surface area contributed by atoms with Gasteiger partial charge in [0.2, 0.25) is 5.91 Å². The molecule has 0 radical (unpaired) electrons.